The van der Waals surface area contributed by atoms with E-state index in [1.54, 1.807) is 6.08 Å². The lowest BCUT2D eigenvalue weighted by Crippen LogP contribution is -2.12. The first-order valence-corrected chi connectivity index (χ1v) is 7.85. The standard InChI is InChI=1S/C22H18O2/c23-22(24)20(16-17-10-4-1-5-11-17)21(18-12-6-2-7-13-18)19-14-8-3-9-15-19/h1-16,21H,(H,23,24)/b20-16+. The van der Waals surface area contributed by atoms with Crippen LogP contribution in [-0.2, 0) is 4.79 Å². The van der Waals surface area contributed by atoms with E-state index in [1.165, 1.54) is 0 Å². The highest BCUT2D eigenvalue weighted by Crippen LogP contribution is 2.33. The van der Waals surface area contributed by atoms with Crippen molar-refractivity contribution in [1.29, 1.82) is 0 Å². The van der Waals surface area contributed by atoms with Crippen molar-refractivity contribution in [2.45, 2.75) is 5.92 Å². The van der Waals surface area contributed by atoms with Crippen LogP contribution in [0.25, 0.3) is 6.08 Å². The Hall–Kier alpha value is -3.13. The van der Waals surface area contributed by atoms with Crippen molar-refractivity contribution in [1.82, 2.24) is 0 Å². The molecule has 24 heavy (non-hydrogen) atoms. The molecule has 0 aliphatic carbocycles. The highest BCUT2D eigenvalue weighted by atomic mass is 16.4. The molecule has 0 unspecified atom stereocenters. The molecule has 1 N–H and O–H groups in total. The maximum atomic E-state index is 12.0. The van der Waals surface area contributed by atoms with Gasteiger partial charge in [-0.25, -0.2) is 4.79 Å². The second kappa shape index (κ2) is 7.42. The van der Waals surface area contributed by atoms with Crippen molar-refractivity contribution in [2.24, 2.45) is 0 Å². The third-order valence-electron chi connectivity index (χ3n) is 3.95. The zero-order valence-corrected chi connectivity index (χ0v) is 13.2. The Morgan fingerprint density at radius 3 is 1.54 bits per heavy atom. The van der Waals surface area contributed by atoms with Crippen molar-refractivity contribution in [3.63, 3.8) is 0 Å². The van der Waals surface area contributed by atoms with Gasteiger partial charge in [-0.2, -0.15) is 0 Å². The van der Waals surface area contributed by atoms with Crippen LogP contribution >= 0.6 is 0 Å². The fourth-order valence-electron chi connectivity index (χ4n) is 2.84. The first kappa shape index (κ1) is 15.8. The Labute approximate surface area is 141 Å². The van der Waals surface area contributed by atoms with E-state index in [4.69, 9.17) is 0 Å². The summed E-state index contributed by atoms with van der Waals surface area (Å²) in [6, 6.07) is 29.1. The van der Waals surface area contributed by atoms with E-state index in [0.717, 1.165) is 16.7 Å². The van der Waals surface area contributed by atoms with Crippen molar-refractivity contribution < 1.29 is 9.90 Å². The van der Waals surface area contributed by atoms with E-state index >= 15 is 0 Å². The zero-order valence-electron chi connectivity index (χ0n) is 13.2. The molecule has 0 saturated carbocycles. The molecular formula is C22H18O2. The van der Waals surface area contributed by atoms with Crippen LogP contribution in [-0.4, -0.2) is 11.1 Å². The predicted molar refractivity (Wildman–Crippen MR) is 96.8 cm³/mol. The van der Waals surface area contributed by atoms with Crippen molar-refractivity contribution in [2.75, 3.05) is 0 Å². The Bertz CT molecular complexity index is 782. The van der Waals surface area contributed by atoms with Crippen LogP contribution < -0.4 is 0 Å². The SMILES string of the molecule is O=C(O)/C(=C/c1ccccc1)C(c1ccccc1)c1ccccc1. The van der Waals surface area contributed by atoms with E-state index in [0.29, 0.717) is 5.57 Å². The topological polar surface area (TPSA) is 37.3 Å². The van der Waals surface area contributed by atoms with Crippen LogP contribution in [0.4, 0.5) is 0 Å². The Kier molecular flexibility index (Phi) is 4.87. The molecule has 0 aromatic heterocycles. The lowest BCUT2D eigenvalue weighted by Gasteiger charge is -2.19. The fraction of sp³-hybridized carbons (Fsp3) is 0.0455. The zero-order chi connectivity index (χ0) is 16.8. The van der Waals surface area contributed by atoms with Gasteiger partial charge in [-0.15, -0.1) is 0 Å². The third kappa shape index (κ3) is 3.61. The Morgan fingerprint density at radius 2 is 1.12 bits per heavy atom. The van der Waals surface area contributed by atoms with Crippen LogP contribution in [0.1, 0.15) is 22.6 Å². The molecule has 3 aromatic carbocycles. The molecule has 2 heteroatoms. The summed E-state index contributed by atoms with van der Waals surface area (Å²) in [4.78, 5) is 12.0. The largest absolute Gasteiger partial charge is 0.478 e. The molecular weight excluding hydrogens is 296 g/mol. The minimum atomic E-state index is -0.906. The minimum Gasteiger partial charge on any atom is -0.478 e. The molecule has 0 heterocycles. The summed E-state index contributed by atoms with van der Waals surface area (Å²) in [5.41, 5.74) is 3.17. The normalized spacial score (nSPS) is 11.5. The maximum absolute atomic E-state index is 12.0. The summed E-state index contributed by atoms with van der Waals surface area (Å²) >= 11 is 0. The number of carboxylic acid groups (broad SMARTS) is 1. The van der Waals surface area contributed by atoms with Gasteiger partial charge in [-0.3, -0.25) is 0 Å². The van der Waals surface area contributed by atoms with Crippen LogP contribution in [0.15, 0.2) is 96.6 Å². The van der Waals surface area contributed by atoms with Crippen LogP contribution in [0.5, 0.6) is 0 Å². The second-order valence-corrected chi connectivity index (χ2v) is 5.57. The number of aliphatic carboxylic acids is 1. The number of benzene rings is 3. The smallest absolute Gasteiger partial charge is 0.332 e. The molecule has 0 saturated heterocycles. The second-order valence-electron chi connectivity index (χ2n) is 5.57. The molecule has 0 aliphatic rings. The van der Waals surface area contributed by atoms with Gasteiger partial charge in [0.05, 0.1) is 0 Å². The first-order valence-electron chi connectivity index (χ1n) is 7.85. The molecule has 0 aliphatic heterocycles. The number of carbonyl (C=O) groups is 1. The van der Waals surface area contributed by atoms with Crippen LogP contribution in [0.3, 0.4) is 0 Å². The van der Waals surface area contributed by atoms with Gasteiger partial charge in [0.25, 0.3) is 0 Å². The molecule has 0 amide bonds. The molecule has 3 aromatic rings. The van der Waals surface area contributed by atoms with Gasteiger partial charge in [-0.1, -0.05) is 91.0 Å². The van der Waals surface area contributed by atoms with Gasteiger partial charge in [-0.05, 0) is 22.8 Å². The maximum Gasteiger partial charge on any atom is 0.332 e. The molecule has 118 valence electrons. The average Bonchev–Trinajstić information content (AvgIpc) is 2.64. The van der Waals surface area contributed by atoms with E-state index in [1.807, 2.05) is 91.0 Å². The van der Waals surface area contributed by atoms with Gasteiger partial charge < -0.3 is 5.11 Å². The summed E-state index contributed by atoms with van der Waals surface area (Å²) in [5.74, 6) is -1.22. The summed E-state index contributed by atoms with van der Waals surface area (Å²) in [5, 5.41) is 9.86. The predicted octanol–water partition coefficient (Wildman–Crippen LogP) is 4.99. The van der Waals surface area contributed by atoms with Crippen molar-refractivity contribution >= 4 is 12.0 Å². The fourth-order valence-corrected chi connectivity index (χ4v) is 2.84. The first-order chi connectivity index (χ1) is 11.8. The van der Waals surface area contributed by atoms with Gasteiger partial charge in [0.2, 0.25) is 0 Å². The highest BCUT2D eigenvalue weighted by molar-refractivity contribution is 5.95. The van der Waals surface area contributed by atoms with Gasteiger partial charge in [0.1, 0.15) is 0 Å². The molecule has 0 bridgehead atoms. The molecule has 0 atom stereocenters. The minimum absolute atomic E-state index is 0.315. The number of hydrogen-bond donors (Lipinski definition) is 1. The number of carboxylic acids is 1. The molecule has 3 rings (SSSR count). The molecule has 0 spiro atoms. The summed E-state index contributed by atoms with van der Waals surface area (Å²) in [7, 11) is 0. The van der Waals surface area contributed by atoms with Crippen molar-refractivity contribution in [3.05, 3.63) is 113 Å². The van der Waals surface area contributed by atoms with Crippen molar-refractivity contribution in [3.8, 4) is 0 Å². The molecule has 0 fully saturated rings. The van der Waals surface area contributed by atoms with E-state index in [-0.39, 0.29) is 5.92 Å². The van der Waals surface area contributed by atoms with Crippen LogP contribution in [0, 0.1) is 0 Å². The number of hydrogen-bond acceptors (Lipinski definition) is 1. The van der Waals surface area contributed by atoms with E-state index in [9.17, 15) is 9.90 Å². The summed E-state index contributed by atoms with van der Waals surface area (Å²) in [6.45, 7) is 0. The third-order valence-corrected chi connectivity index (χ3v) is 3.95. The Balaban J connectivity index is 2.15. The Morgan fingerprint density at radius 1 is 0.708 bits per heavy atom. The van der Waals surface area contributed by atoms with E-state index in [2.05, 4.69) is 0 Å². The molecule has 0 radical (unpaired) electrons. The summed E-state index contributed by atoms with van der Waals surface area (Å²) in [6.07, 6.45) is 1.76. The van der Waals surface area contributed by atoms with Gasteiger partial charge in [0, 0.05) is 11.5 Å². The van der Waals surface area contributed by atoms with E-state index < -0.39 is 5.97 Å². The number of rotatable bonds is 5. The highest BCUT2D eigenvalue weighted by Gasteiger charge is 2.24. The lowest BCUT2D eigenvalue weighted by molar-refractivity contribution is -0.132. The van der Waals surface area contributed by atoms with Gasteiger partial charge in [0.15, 0.2) is 0 Å². The monoisotopic (exact) mass is 314 g/mol. The van der Waals surface area contributed by atoms with Crippen LogP contribution in [0.2, 0.25) is 0 Å². The molecule has 2 nitrogen and oxygen atoms in total. The summed E-state index contributed by atoms with van der Waals surface area (Å²) < 4.78 is 0. The van der Waals surface area contributed by atoms with Gasteiger partial charge >= 0.3 is 5.97 Å². The lowest BCUT2D eigenvalue weighted by atomic mass is 9.84. The average molecular weight is 314 g/mol. The quantitative estimate of drug-likeness (QED) is 0.674.